The van der Waals surface area contributed by atoms with Crippen LogP contribution < -0.4 is 4.90 Å². The van der Waals surface area contributed by atoms with E-state index in [1.165, 1.54) is 0 Å². The topological polar surface area (TPSA) is 56.6 Å². The van der Waals surface area contributed by atoms with Gasteiger partial charge >= 0.3 is 0 Å². The third kappa shape index (κ3) is 2.27. The van der Waals surface area contributed by atoms with Crippen molar-refractivity contribution >= 4 is 5.69 Å². The molecular weight excluding hydrogens is 192 g/mol. The fraction of sp³-hybridized carbons (Fsp3) is 0.545. The molecule has 15 heavy (non-hydrogen) atoms. The lowest BCUT2D eigenvalue weighted by atomic mass is 10.1. The summed E-state index contributed by atoms with van der Waals surface area (Å²) in [4.78, 5) is 6.09. The maximum Gasteiger partial charge on any atom is 0.0717 e. The van der Waals surface area contributed by atoms with E-state index in [1.807, 2.05) is 6.07 Å². The Bertz CT molecular complexity index is 330. The summed E-state index contributed by atoms with van der Waals surface area (Å²) in [7, 11) is 0. The molecule has 1 aliphatic heterocycles. The maximum absolute atomic E-state index is 9.58. The SMILES string of the molecule is OCc1cnccc1N1CCCC(O)C1. The smallest absolute Gasteiger partial charge is 0.0717 e. The number of hydrogen-bond donors (Lipinski definition) is 2. The fourth-order valence-electron chi connectivity index (χ4n) is 2.02. The predicted octanol–water partition coefficient (Wildman–Crippen LogP) is 0.535. The molecule has 2 rings (SSSR count). The Morgan fingerprint density at radius 1 is 1.53 bits per heavy atom. The zero-order valence-corrected chi connectivity index (χ0v) is 8.63. The molecule has 0 bridgehead atoms. The number of nitrogens with zero attached hydrogens (tertiary/aromatic N) is 2. The zero-order valence-electron chi connectivity index (χ0n) is 8.63. The molecule has 0 radical (unpaired) electrons. The average molecular weight is 208 g/mol. The third-order valence-corrected chi connectivity index (χ3v) is 2.79. The number of pyridine rings is 1. The Labute approximate surface area is 89.2 Å². The Kier molecular flexibility index (Phi) is 3.18. The van der Waals surface area contributed by atoms with Gasteiger partial charge in [-0.15, -0.1) is 0 Å². The summed E-state index contributed by atoms with van der Waals surface area (Å²) in [6.07, 6.45) is 5.01. The van der Waals surface area contributed by atoms with Crippen LogP contribution in [0.5, 0.6) is 0 Å². The number of aromatic nitrogens is 1. The molecule has 0 spiro atoms. The van der Waals surface area contributed by atoms with Crippen LogP contribution in [0.2, 0.25) is 0 Å². The molecule has 0 aliphatic carbocycles. The molecule has 2 heterocycles. The highest BCUT2D eigenvalue weighted by Crippen LogP contribution is 2.23. The minimum atomic E-state index is -0.251. The van der Waals surface area contributed by atoms with E-state index in [0.717, 1.165) is 30.6 Å². The molecule has 1 atom stereocenters. The van der Waals surface area contributed by atoms with Crippen LogP contribution in [0.3, 0.4) is 0 Å². The van der Waals surface area contributed by atoms with E-state index in [-0.39, 0.29) is 12.7 Å². The van der Waals surface area contributed by atoms with Crippen molar-refractivity contribution in [3.05, 3.63) is 24.0 Å². The highest BCUT2D eigenvalue weighted by atomic mass is 16.3. The number of aliphatic hydroxyl groups excluding tert-OH is 2. The second-order valence-electron chi connectivity index (χ2n) is 3.90. The predicted molar refractivity (Wildman–Crippen MR) is 57.6 cm³/mol. The first-order valence-corrected chi connectivity index (χ1v) is 5.28. The van der Waals surface area contributed by atoms with Crippen LogP contribution in [0.15, 0.2) is 18.5 Å². The fourth-order valence-corrected chi connectivity index (χ4v) is 2.02. The van der Waals surface area contributed by atoms with E-state index in [9.17, 15) is 10.2 Å². The monoisotopic (exact) mass is 208 g/mol. The lowest BCUT2D eigenvalue weighted by Gasteiger charge is -2.33. The second kappa shape index (κ2) is 4.59. The van der Waals surface area contributed by atoms with Crippen LogP contribution >= 0.6 is 0 Å². The lowest BCUT2D eigenvalue weighted by Crippen LogP contribution is -2.38. The third-order valence-electron chi connectivity index (χ3n) is 2.79. The molecule has 2 N–H and O–H groups in total. The first kappa shape index (κ1) is 10.4. The van der Waals surface area contributed by atoms with Gasteiger partial charge in [0.25, 0.3) is 0 Å². The van der Waals surface area contributed by atoms with E-state index in [2.05, 4.69) is 9.88 Å². The van der Waals surface area contributed by atoms with Crippen molar-refractivity contribution < 1.29 is 10.2 Å². The normalized spacial score (nSPS) is 21.7. The minimum Gasteiger partial charge on any atom is -0.392 e. The molecule has 4 heteroatoms. The van der Waals surface area contributed by atoms with E-state index in [0.29, 0.717) is 6.54 Å². The van der Waals surface area contributed by atoms with Gasteiger partial charge in [-0.1, -0.05) is 0 Å². The molecule has 1 aliphatic rings. The minimum absolute atomic E-state index is 0.00420. The Balaban J connectivity index is 2.20. The zero-order chi connectivity index (χ0) is 10.7. The van der Waals surface area contributed by atoms with E-state index < -0.39 is 0 Å². The van der Waals surface area contributed by atoms with Crippen LogP contribution in [0.1, 0.15) is 18.4 Å². The van der Waals surface area contributed by atoms with Crippen LogP contribution in [0.4, 0.5) is 5.69 Å². The number of rotatable bonds is 2. The Morgan fingerprint density at radius 3 is 3.13 bits per heavy atom. The summed E-state index contributed by atoms with van der Waals surface area (Å²) in [6.45, 7) is 1.58. The molecule has 0 saturated carbocycles. The van der Waals surface area contributed by atoms with Crippen LogP contribution in [0.25, 0.3) is 0 Å². The van der Waals surface area contributed by atoms with Crippen molar-refractivity contribution in [1.82, 2.24) is 4.98 Å². The number of anilines is 1. The van der Waals surface area contributed by atoms with Gasteiger partial charge in [0.15, 0.2) is 0 Å². The van der Waals surface area contributed by atoms with Crippen LogP contribution in [0, 0.1) is 0 Å². The van der Waals surface area contributed by atoms with Crippen LogP contribution in [-0.2, 0) is 6.61 Å². The van der Waals surface area contributed by atoms with Gasteiger partial charge in [-0.25, -0.2) is 0 Å². The molecule has 4 nitrogen and oxygen atoms in total. The van der Waals surface area contributed by atoms with Crippen molar-refractivity contribution in [3.8, 4) is 0 Å². The molecule has 1 aromatic heterocycles. The van der Waals surface area contributed by atoms with Crippen molar-refractivity contribution in [2.45, 2.75) is 25.6 Å². The second-order valence-corrected chi connectivity index (χ2v) is 3.90. The summed E-state index contributed by atoms with van der Waals surface area (Å²) in [5.74, 6) is 0. The molecular formula is C11H16N2O2. The summed E-state index contributed by atoms with van der Waals surface area (Å²) >= 11 is 0. The van der Waals surface area contributed by atoms with Crippen molar-refractivity contribution in [1.29, 1.82) is 0 Å². The number of aliphatic hydroxyl groups is 2. The molecule has 1 unspecified atom stereocenters. The molecule has 1 saturated heterocycles. The summed E-state index contributed by atoms with van der Waals surface area (Å²) in [5, 5.41) is 18.8. The van der Waals surface area contributed by atoms with Crippen molar-refractivity contribution in [2.75, 3.05) is 18.0 Å². The molecule has 0 aromatic carbocycles. The quantitative estimate of drug-likeness (QED) is 0.744. The van der Waals surface area contributed by atoms with Crippen LogP contribution in [-0.4, -0.2) is 34.4 Å². The van der Waals surface area contributed by atoms with Gasteiger partial charge in [0.2, 0.25) is 0 Å². The maximum atomic E-state index is 9.58. The van der Waals surface area contributed by atoms with E-state index >= 15 is 0 Å². The number of β-amino-alcohol motifs (C(OH)–C–C–N with tert-alkyl or cyclic N) is 1. The molecule has 82 valence electrons. The summed E-state index contributed by atoms with van der Waals surface area (Å²) in [6, 6.07) is 1.89. The molecule has 1 aromatic rings. The highest BCUT2D eigenvalue weighted by Gasteiger charge is 2.19. The Morgan fingerprint density at radius 2 is 2.40 bits per heavy atom. The summed E-state index contributed by atoms with van der Waals surface area (Å²) < 4.78 is 0. The van der Waals surface area contributed by atoms with Gasteiger partial charge < -0.3 is 15.1 Å². The van der Waals surface area contributed by atoms with Gasteiger partial charge in [-0.05, 0) is 18.9 Å². The van der Waals surface area contributed by atoms with Gasteiger partial charge in [0.05, 0.1) is 12.7 Å². The largest absolute Gasteiger partial charge is 0.392 e. The lowest BCUT2D eigenvalue weighted by molar-refractivity contribution is 0.154. The van der Waals surface area contributed by atoms with Gasteiger partial charge in [0.1, 0.15) is 0 Å². The first-order valence-electron chi connectivity index (χ1n) is 5.28. The van der Waals surface area contributed by atoms with Crippen molar-refractivity contribution in [2.24, 2.45) is 0 Å². The van der Waals surface area contributed by atoms with Gasteiger partial charge in [-0.2, -0.15) is 0 Å². The Hall–Kier alpha value is -1.13. The average Bonchev–Trinajstić information content (AvgIpc) is 2.29. The number of piperidine rings is 1. The molecule has 1 fully saturated rings. The number of hydrogen-bond acceptors (Lipinski definition) is 4. The van der Waals surface area contributed by atoms with Crippen molar-refractivity contribution in [3.63, 3.8) is 0 Å². The first-order chi connectivity index (χ1) is 7.31. The standard InChI is InChI=1S/C11H16N2O2/c14-8-9-6-12-4-3-11(9)13-5-1-2-10(15)7-13/h3-4,6,10,14-15H,1-2,5,7-8H2. The summed E-state index contributed by atoms with van der Waals surface area (Å²) in [5.41, 5.74) is 1.82. The van der Waals surface area contributed by atoms with Gasteiger partial charge in [0, 0.05) is 36.7 Å². The van der Waals surface area contributed by atoms with Gasteiger partial charge in [-0.3, -0.25) is 4.98 Å². The van der Waals surface area contributed by atoms with E-state index in [1.54, 1.807) is 12.4 Å². The highest BCUT2D eigenvalue weighted by molar-refractivity contribution is 5.52. The molecule has 0 amide bonds. The van der Waals surface area contributed by atoms with E-state index in [4.69, 9.17) is 0 Å².